The van der Waals surface area contributed by atoms with Crippen LogP contribution in [0.1, 0.15) is 42.5 Å². The molecule has 0 N–H and O–H groups in total. The molecule has 0 spiro atoms. The van der Waals surface area contributed by atoms with E-state index in [0.717, 1.165) is 16.6 Å². The first-order chi connectivity index (χ1) is 9.51. The maximum absolute atomic E-state index is 12.2. The normalized spacial score (nSPS) is 12.4. The smallest absolute Gasteiger partial charge is 0.188 e. The molecule has 1 unspecified atom stereocenters. The van der Waals surface area contributed by atoms with Crippen molar-refractivity contribution in [2.45, 2.75) is 32.7 Å². The van der Waals surface area contributed by atoms with E-state index in [2.05, 4.69) is 55.8 Å². The predicted molar refractivity (Wildman–Crippen MR) is 84.9 cm³/mol. The zero-order valence-electron chi connectivity index (χ0n) is 11.3. The highest BCUT2D eigenvalue weighted by atomic mass is 79.9. The molecule has 0 aliphatic carbocycles. The molecule has 106 valence electrons. The third-order valence-corrected chi connectivity index (χ3v) is 4.16. The number of ketones is 1. The van der Waals surface area contributed by atoms with Crippen LogP contribution >= 0.6 is 31.9 Å². The SMILES string of the molecule is CCC(C)n1ccc(CC(=O)c2ncc(Br)cc2Br)n1. The van der Waals surface area contributed by atoms with Gasteiger partial charge in [0.05, 0.1) is 12.1 Å². The Morgan fingerprint density at radius 1 is 1.45 bits per heavy atom. The van der Waals surface area contributed by atoms with Crippen molar-refractivity contribution < 1.29 is 4.79 Å². The van der Waals surface area contributed by atoms with Crippen LogP contribution in [-0.2, 0) is 6.42 Å². The molecule has 0 saturated carbocycles. The Balaban J connectivity index is 2.13. The number of Topliss-reactive ketones (excluding diaryl/α,β-unsaturated/α-hetero) is 1. The second kappa shape index (κ2) is 6.63. The van der Waals surface area contributed by atoms with Gasteiger partial charge < -0.3 is 0 Å². The van der Waals surface area contributed by atoms with Gasteiger partial charge in [0.25, 0.3) is 0 Å². The van der Waals surface area contributed by atoms with Crippen molar-refractivity contribution in [3.05, 3.63) is 44.9 Å². The van der Waals surface area contributed by atoms with Crippen molar-refractivity contribution >= 4 is 37.6 Å². The molecule has 0 aliphatic heterocycles. The van der Waals surface area contributed by atoms with E-state index >= 15 is 0 Å². The first kappa shape index (κ1) is 15.4. The van der Waals surface area contributed by atoms with Gasteiger partial charge in [0.15, 0.2) is 5.78 Å². The zero-order valence-corrected chi connectivity index (χ0v) is 14.5. The molecule has 0 saturated heterocycles. The summed E-state index contributed by atoms with van der Waals surface area (Å²) in [5.41, 5.74) is 1.21. The van der Waals surface area contributed by atoms with E-state index in [0.29, 0.717) is 16.2 Å². The van der Waals surface area contributed by atoms with Crippen LogP contribution < -0.4 is 0 Å². The highest BCUT2D eigenvalue weighted by Crippen LogP contribution is 2.21. The molecule has 2 rings (SSSR count). The molecule has 2 aromatic heterocycles. The highest BCUT2D eigenvalue weighted by molar-refractivity contribution is 9.11. The van der Waals surface area contributed by atoms with Crippen LogP contribution in [0.3, 0.4) is 0 Å². The first-order valence-electron chi connectivity index (χ1n) is 6.39. The Bertz CT molecular complexity index is 625. The Kier molecular flexibility index (Phi) is 5.10. The van der Waals surface area contributed by atoms with Gasteiger partial charge in [-0.15, -0.1) is 0 Å². The molecule has 2 aromatic rings. The lowest BCUT2D eigenvalue weighted by Crippen LogP contribution is -2.09. The van der Waals surface area contributed by atoms with Crippen LogP contribution in [0.4, 0.5) is 0 Å². The fourth-order valence-corrected chi connectivity index (χ4v) is 2.98. The quantitative estimate of drug-likeness (QED) is 0.706. The average Bonchev–Trinajstić information content (AvgIpc) is 2.86. The van der Waals surface area contributed by atoms with Gasteiger partial charge in [-0.25, -0.2) is 0 Å². The molecule has 1 atom stereocenters. The number of halogens is 2. The summed E-state index contributed by atoms with van der Waals surface area (Å²) < 4.78 is 3.42. The Labute approximate surface area is 134 Å². The molecule has 0 fully saturated rings. The van der Waals surface area contributed by atoms with E-state index in [4.69, 9.17) is 0 Å². The zero-order chi connectivity index (χ0) is 14.7. The second-order valence-electron chi connectivity index (χ2n) is 4.63. The van der Waals surface area contributed by atoms with E-state index in [1.165, 1.54) is 0 Å². The molecule has 0 bridgehead atoms. The average molecular weight is 401 g/mol. The summed E-state index contributed by atoms with van der Waals surface area (Å²) in [6, 6.07) is 4.05. The number of pyridine rings is 1. The van der Waals surface area contributed by atoms with E-state index in [-0.39, 0.29) is 12.2 Å². The number of rotatable bonds is 5. The van der Waals surface area contributed by atoms with Gasteiger partial charge in [-0.2, -0.15) is 5.10 Å². The van der Waals surface area contributed by atoms with Crippen LogP contribution in [0.15, 0.2) is 33.5 Å². The molecule has 4 nitrogen and oxygen atoms in total. The fraction of sp³-hybridized carbons (Fsp3) is 0.357. The summed E-state index contributed by atoms with van der Waals surface area (Å²) in [4.78, 5) is 16.4. The van der Waals surface area contributed by atoms with E-state index < -0.39 is 0 Å². The molecule has 0 amide bonds. The van der Waals surface area contributed by atoms with Gasteiger partial charge in [-0.05, 0) is 57.3 Å². The van der Waals surface area contributed by atoms with Gasteiger partial charge in [-0.1, -0.05) is 6.92 Å². The van der Waals surface area contributed by atoms with E-state index in [9.17, 15) is 4.79 Å². The number of aromatic nitrogens is 3. The number of carbonyl (C=O) groups excluding carboxylic acids is 1. The molecule has 0 aromatic carbocycles. The standard InChI is InChI=1S/C14H15Br2N3O/c1-3-9(2)19-5-4-11(18-19)7-13(20)14-12(16)6-10(15)8-17-14/h4-6,8-9H,3,7H2,1-2H3. The van der Waals surface area contributed by atoms with Gasteiger partial charge in [0.1, 0.15) is 5.69 Å². The van der Waals surface area contributed by atoms with Crippen LogP contribution in [0.5, 0.6) is 0 Å². The molecular weight excluding hydrogens is 386 g/mol. The third-order valence-electron chi connectivity index (χ3n) is 3.12. The van der Waals surface area contributed by atoms with Crippen molar-refractivity contribution in [3.8, 4) is 0 Å². The maximum Gasteiger partial charge on any atom is 0.188 e. The van der Waals surface area contributed by atoms with Crippen LogP contribution in [0.2, 0.25) is 0 Å². The lowest BCUT2D eigenvalue weighted by atomic mass is 10.1. The summed E-state index contributed by atoms with van der Waals surface area (Å²) in [6.45, 7) is 4.21. The van der Waals surface area contributed by atoms with Gasteiger partial charge in [-0.3, -0.25) is 14.5 Å². The van der Waals surface area contributed by atoms with Gasteiger partial charge in [0, 0.05) is 27.4 Å². The van der Waals surface area contributed by atoms with Crippen LogP contribution in [0, 0.1) is 0 Å². The molecule has 6 heteroatoms. The number of hydrogen-bond donors (Lipinski definition) is 0. The molecule has 20 heavy (non-hydrogen) atoms. The monoisotopic (exact) mass is 399 g/mol. The van der Waals surface area contributed by atoms with Gasteiger partial charge in [0.2, 0.25) is 0 Å². The topological polar surface area (TPSA) is 47.8 Å². The number of carbonyl (C=O) groups is 1. The fourth-order valence-electron chi connectivity index (χ4n) is 1.77. The molecular formula is C14H15Br2N3O. The Morgan fingerprint density at radius 2 is 2.20 bits per heavy atom. The lowest BCUT2D eigenvalue weighted by Gasteiger charge is -2.08. The van der Waals surface area contributed by atoms with E-state index in [1.807, 2.05) is 23.0 Å². The number of hydrogen-bond acceptors (Lipinski definition) is 3. The minimum absolute atomic E-state index is 0.0428. The Hall–Kier alpha value is -1.01. The van der Waals surface area contributed by atoms with Crippen LogP contribution in [0.25, 0.3) is 0 Å². The van der Waals surface area contributed by atoms with Crippen LogP contribution in [-0.4, -0.2) is 20.5 Å². The second-order valence-corrected chi connectivity index (χ2v) is 6.40. The van der Waals surface area contributed by atoms with Crippen molar-refractivity contribution in [2.75, 3.05) is 0 Å². The largest absolute Gasteiger partial charge is 0.292 e. The maximum atomic E-state index is 12.2. The van der Waals surface area contributed by atoms with Crippen molar-refractivity contribution in [1.29, 1.82) is 0 Å². The summed E-state index contributed by atoms with van der Waals surface area (Å²) in [7, 11) is 0. The van der Waals surface area contributed by atoms with Crippen molar-refractivity contribution in [1.82, 2.24) is 14.8 Å². The van der Waals surface area contributed by atoms with Crippen molar-refractivity contribution in [2.24, 2.45) is 0 Å². The lowest BCUT2D eigenvalue weighted by molar-refractivity contribution is 0.0986. The predicted octanol–water partition coefficient (Wildman–Crippen LogP) is 4.20. The number of nitrogens with zero attached hydrogens (tertiary/aromatic N) is 3. The Morgan fingerprint density at radius 3 is 2.85 bits per heavy atom. The van der Waals surface area contributed by atoms with Crippen molar-refractivity contribution in [3.63, 3.8) is 0 Å². The minimum Gasteiger partial charge on any atom is -0.292 e. The van der Waals surface area contributed by atoms with E-state index in [1.54, 1.807) is 6.20 Å². The minimum atomic E-state index is -0.0428. The van der Waals surface area contributed by atoms with Gasteiger partial charge >= 0.3 is 0 Å². The molecule has 0 aliphatic rings. The summed E-state index contributed by atoms with van der Waals surface area (Å²) >= 11 is 6.68. The first-order valence-corrected chi connectivity index (χ1v) is 7.98. The summed E-state index contributed by atoms with van der Waals surface area (Å²) in [6.07, 6.45) is 4.81. The molecule has 0 radical (unpaired) electrons. The molecule has 2 heterocycles. The highest BCUT2D eigenvalue weighted by Gasteiger charge is 2.15. The summed E-state index contributed by atoms with van der Waals surface area (Å²) in [5.74, 6) is -0.0428. The third kappa shape index (κ3) is 3.55. The summed E-state index contributed by atoms with van der Waals surface area (Å²) in [5, 5.41) is 4.44.